The van der Waals surface area contributed by atoms with Gasteiger partial charge in [-0.2, -0.15) is 0 Å². The fraction of sp³-hybridized carbons (Fsp3) is 0.588. The molecule has 0 radical (unpaired) electrons. The normalized spacial score (nSPS) is 18.9. The molecule has 0 spiro atoms. The lowest BCUT2D eigenvalue weighted by Crippen LogP contribution is -2.40. The van der Waals surface area contributed by atoms with E-state index in [0.717, 1.165) is 36.7 Å². The van der Waals surface area contributed by atoms with Gasteiger partial charge in [-0.1, -0.05) is 28.1 Å². The van der Waals surface area contributed by atoms with Gasteiger partial charge >= 0.3 is 6.09 Å². The number of hydrogen-bond donors (Lipinski definition) is 0. The molecular formula is C17H24BrNO2. The number of nitrogens with zero attached hydrogens (tertiary/aromatic N) is 1. The lowest BCUT2D eigenvalue weighted by Gasteiger charge is -2.28. The van der Waals surface area contributed by atoms with Gasteiger partial charge in [-0.15, -0.1) is 0 Å². The smallest absolute Gasteiger partial charge is 0.410 e. The molecule has 1 amide bonds. The SMILES string of the molecule is CC(C)(C)OC(=O)N1CCCC1CCc1ccc(Br)cc1. The van der Waals surface area contributed by atoms with Crippen LogP contribution in [0.1, 0.15) is 45.6 Å². The number of benzene rings is 1. The zero-order chi connectivity index (χ0) is 15.5. The highest BCUT2D eigenvalue weighted by atomic mass is 79.9. The number of halogens is 1. The van der Waals surface area contributed by atoms with Crippen LogP contribution in [0.25, 0.3) is 0 Å². The summed E-state index contributed by atoms with van der Waals surface area (Å²) in [7, 11) is 0. The van der Waals surface area contributed by atoms with E-state index in [1.165, 1.54) is 5.56 Å². The second-order valence-electron chi connectivity index (χ2n) is 6.63. The Morgan fingerprint density at radius 3 is 2.62 bits per heavy atom. The summed E-state index contributed by atoms with van der Waals surface area (Å²) in [6.45, 7) is 6.56. The third-order valence-corrected chi connectivity index (χ3v) is 4.21. The van der Waals surface area contributed by atoms with E-state index in [1.54, 1.807) is 0 Å². The minimum atomic E-state index is -0.421. The Morgan fingerprint density at radius 1 is 1.33 bits per heavy atom. The Balaban J connectivity index is 1.90. The van der Waals surface area contributed by atoms with Gasteiger partial charge in [0.15, 0.2) is 0 Å². The number of rotatable bonds is 3. The van der Waals surface area contributed by atoms with Crippen LogP contribution in [0.2, 0.25) is 0 Å². The molecule has 116 valence electrons. The molecule has 0 N–H and O–H groups in total. The second-order valence-corrected chi connectivity index (χ2v) is 7.55. The summed E-state index contributed by atoms with van der Waals surface area (Å²) in [4.78, 5) is 14.1. The van der Waals surface area contributed by atoms with Crippen molar-refractivity contribution in [1.82, 2.24) is 4.90 Å². The van der Waals surface area contributed by atoms with Crippen LogP contribution in [0, 0.1) is 0 Å². The maximum absolute atomic E-state index is 12.2. The van der Waals surface area contributed by atoms with Crippen LogP contribution in [0.3, 0.4) is 0 Å². The van der Waals surface area contributed by atoms with Gasteiger partial charge in [0.2, 0.25) is 0 Å². The summed E-state index contributed by atoms with van der Waals surface area (Å²) in [6, 6.07) is 8.71. The van der Waals surface area contributed by atoms with Crippen molar-refractivity contribution in [2.75, 3.05) is 6.54 Å². The fourth-order valence-electron chi connectivity index (χ4n) is 2.68. The predicted octanol–water partition coefficient (Wildman–Crippen LogP) is 4.78. The molecule has 2 rings (SSSR count). The monoisotopic (exact) mass is 353 g/mol. The first kappa shape index (κ1) is 16.3. The fourth-order valence-corrected chi connectivity index (χ4v) is 2.95. The van der Waals surface area contributed by atoms with Crippen molar-refractivity contribution >= 4 is 22.0 Å². The van der Waals surface area contributed by atoms with E-state index in [4.69, 9.17) is 4.74 Å². The first-order chi connectivity index (χ1) is 9.85. The van der Waals surface area contributed by atoms with Crippen LogP contribution in [-0.2, 0) is 11.2 Å². The highest BCUT2D eigenvalue weighted by Gasteiger charge is 2.31. The third kappa shape index (κ3) is 5.03. The predicted molar refractivity (Wildman–Crippen MR) is 88.4 cm³/mol. The Labute approximate surface area is 135 Å². The Kier molecular flexibility index (Phi) is 5.31. The molecular weight excluding hydrogens is 330 g/mol. The molecule has 0 saturated carbocycles. The van der Waals surface area contributed by atoms with Crippen molar-refractivity contribution in [2.45, 2.75) is 58.1 Å². The molecule has 1 atom stereocenters. The quantitative estimate of drug-likeness (QED) is 0.782. The van der Waals surface area contributed by atoms with Crippen LogP contribution in [0.15, 0.2) is 28.7 Å². The molecule has 1 aromatic rings. The standard InChI is InChI=1S/C17H24BrNO2/c1-17(2,3)21-16(20)19-12-4-5-15(19)11-8-13-6-9-14(18)10-7-13/h6-7,9-10,15H,4-5,8,11-12H2,1-3H3. The van der Waals surface area contributed by atoms with E-state index in [9.17, 15) is 4.79 Å². The molecule has 0 aromatic heterocycles. The van der Waals surface area contributed by atoms with E-state index in [1.807, 2.05) is 25.7 Å². The van der Waals surface area contributed by atoms with Crippen molar-refractivity contribution in [1.29, 1.82) is 0 Å². The molecule has 1 saturated heterocycles. The lowest BCUT2D eigenvalue weighted by atomic mass is 10.0. The average molecular weight is 354 g/mol. The van der Waals surface area contributed by atoms with E-state index in [-0.39, 0.29) is 6.09 Å². The van der Waals surface area contributed by atoms with Gasteiger partial charge in [-0.05, 0) is 64.2 Å². The third-order valence-electron chi connectivity index (χ3n) is 3.68. The first-order valence-corrected chi connectivity index (χ1v) is 8.38. The van der Waals surface area contributed by atoms with Crippen molar-refractivity contribution in [2.24, 2.45) is 0 Å². The van der Waals surface area contributed by atoms with E-state index >= 15 is 0 Å². The summed E-state index contributed by atoms with van der Waals surface area (Å²) in [5, 5.41) is 0. The summed E-state index contributed by atoms with van der Waals surface area (Å²) in [5.74, 6) is 0. The summed E-state index contributed by atoms with van der Waals surface area (Å²) in [5.41, 5.74) is 0.893. The van der Waals surface area contributed by atoms with Crippen LogP contribution < -0.4 is 0 Å². The molecule has 1 aromatic carbocycles. The topological polar surface area (TPSA) is 29.5 Å². The minimum absolute atomic E-state index is 0.166. The zero-order valence-corrected chi connectivity index (χ0v) is 14.6. The molecule has 0 aliphatic carbocycles. The average Bonchev–Trinajstić information content (AvgIpc) is 2.84. The summed E-state index contributed by atoms with van der Waals surface area (Å²) < 4.78 is 6.60. The minimum Gasteiger partial charge on any atom is -0.444 e. The molecule has 1 unspecified atom stereocenters. The Bertz CT molecular complexity index is 479. The number of aryl methyl sites for hydroxylation is 1. The van der Waals surface area contributed by atoms with Gasteiger partial charge in [-0.25, -0.2) is 4.79 Å². The van der Waals surface area contributed by atoms with Gasteiger partial charge in [0.1, 0.15) is 5.60 Å². The Hall–Kier alpha value is -1.03. The second kappa shape index (κ2) is 6.82. The lowest BCUT2D eigenvalue weighted by molar-refractivity contribution is 0.0220. The number of carbonyl (C=O) groups is 1. The van der Waals surface area contributed by atoms with Gasteiger partial charge in [0.05, 0.1) is 0 Å². The molecule has 1 fully saturated rings. The van der Waals surface area contributed by atoms with Crippen molar-refractivity contribution < 1.29 is 9.53 Å². The number of carbonyl (C=O) groups excluding carboxylic acids is 1. The van der Waals surface area contributed by atoms with E-state index in [2.05, 4.69) is 40.2 Å². The highest BCUT2D eigenvalue weighted by molar-refractivity contribution is 9.10. The molecule has 1 aliphatic rings. The zero-order valence-electron chi connectivity index (χ0n) is 13.1. The Morgan fingerprint density at radius 2 is 2.00 bits per heavy atom. The highest BCUT2D eigenvalue weighted by Crippen LogP contribution is 2.24. The van der Waals surface area contributed by atoms with Crippen molar-refractivity contribution in [3.8, 4) is 0 Å². The van der Waals surface area contributed by atoms with Crippen LogP contribution in [-0.4, -0.2) is 29.2 Å². The largest absolute Gasteiger partial charge is 0.444 e. The van der Waals surface area contributed by atoms with Crippen molar-refractivity contribution in [3.63, 3.8) is 0 Å². The van der Waals surface area contributed by atoms with Gasteiger partial charge < -0.3 is 9.64 Å². The maximum atomic E-state index is 12.2. The molecule has 3 nitrogen and oxygen atoms in total. The summed E-state index contributed by atoms with van der Waals surface area (Å²) in [6.07, 6.45) is 3.99. The first-order valence-electron chi connectivity index (χ1n) is 7.59. The van der Waals surface area contributed by atoms with Gasteiger partial charge in [0.25, 0.3) is 0 Å². The van der Waals surface area contributed by atoms with Crippen LogP contribution >= 0.6 is 15.9 Å². The molecule has 0 bridgehead atoms. The molecule has 1 heterocycles. The van der Waals surface area contributed by atoms with Crippen molar-refractivity contribution in [3.05, 3.63) is 34.3 Å². The molecule has 1 aliphatic heterocycles. The number of ether oxygens (including phenoxy) is 1. The maximum Gasteiger partial charge on any atom is 0.410 e. The van der Waals surface area contributed by atoms with Crippen LogP contribution in [0.5, 0.6) is 0 Å². The van der Waals surface area contributed by atoms with Gasteiger partial charge in [0, 0.05) is 17.1 Å². The number of likely N-dealkylation sites (tertiary alicyclic amines) is 1. The van der Waals surface area contributed by atoms with Crippen LogP contribution in [0.4, 0.5) is 4.79 Å². The van der Waals surface area contributed by atoms with E-state index in [0.29, 0.717) is 6.04 Å². The summed E-state index contributed by atoms with van der Waals surface area (Å²) >= 11 is 3.45. The number of hydrogen-bond acceptors (Lipinski definition) is 2. The van der Waals surface area contributed by atoms with E-state index < -0.39 is 5.60 Å². The number of amides is 1. The van der Waals surface area contributed by atoms with Gasteiger partial charge in [-0.3, -0.25) is 0 Å². The molecule has 21 heavy (non-hydrogen) atoms. The molecule has 4 heteroatoms.